The largest absolute Gasteiger partial charge is 0.481 e. The molecule has 0 saturated carbocycles. The van der Waals surface area contributed by atoms with Gasteiger partial charge in [0.25, 0.3) is 5.91 Å². The molecule has 0 atom stereocenters. The van der Waals surface area contributed by atoms with Gasteiger partial charge in [0.15, 0.2) is 0 Å². The molecule has 0 saturated heterocycles. The van der Waals surface area contributed by atoms with Gasteiger partial charge in [0.1, 0.15) is 0 Å². The minimum Gasteiger partial charge on any atom is -0.481 e. The van der Waals surface area contributed by atoms with E-state index in [0.717, 1.165) is 10.9 Å². The molecule has 5 nitrogen and oxygen atoms in total. The Kier molecular flexibility index (Phi) is 3.85. The van der Waals surface area contributed by atoms with Crippen molar-refractivity contribution in [1.29, 1.82) is 0 Å². The zero-order valence-corrected chi connectivity index (χ0v) is 10.7. The third-order valence-corrected chi connectivity index (χ3v) is 3.08. The Hall–Kier alpha value is -2.30. The van der Waals surface area contributed by atoms with E-state index < -0.39 is 5.97 Å². The molecule has 0 spiro atoms. The lowest BCUT2D eigenvalue weighted by molar-refractivity contribution is -0.137. The van der Waals surface area contributed by atoms with Crippen molar-refractivity contribution in [1.82, 2.24) is 9.88 Å². The number of para-hydroxylation sites is 1. The predicted octanol–water partition coefficient (Wildman–Crippen LogP) is 2.10. The van der Waals surface area contributed by atoms with Crippen LogP contribution in [0.25, 0.3) is 10.9 Å². The number of rotatable bonds is 5. The third kappa shape index (κ3) is 2.76. The Morgan fingerprint density at radius 1 is 1.32 bits per heavy atom. The number of aromatic amines is 1. The second-order valence-corrected chi connectivity index (χ2v) is 4.28. The number of carbonyl (C=O) groups excluding carboxylic acids is 1. The fraction of sp³-hybridized carbons (Fsp3) is 0.286. The predicted molar refractivity (Wildman–Crippen MR) is 72.1 cm³/mol. The molecule has 1 heterocycles. The highest BCUT2D eigenvalue weighted by Gasteiger charge is 2.18. The van der Waals surface area contributed by atoms with Gasteiger partial charge in [0.2, 0.25) is 0 Å². The van der Waals surface area contributed by atoms with Gasteiger partial charge >= 0.3 is 5.97 Å². The van der Waals surface area contributed by atoms with E-state index in [4.69, 9.17) is 5.11 Å². The van der Waals surface area contributed by atoms with Gasteiger partial charge in [0.05, 0.1) is 12.0 Å². The van der Waals surface area contributed by atoms with E-state index in [0.29, 0.717) is 12.1 Å². The molecule has 5 heteroatoms. The van der Waals surface area contributed by atoms with Crippen molar-refractivity contribution in [3.8, 4) is 0 Å². The van der Waals surface area contributed by atoms with E-state index in [1.165, 1.54) is 0 Å². The van der Waals surface area contributed by atoms with E-state index in [-0.39, 0.29) is 18.9 Å². The number of carbonyl (C=O) groups is 2. The molecule has 0 aliphatic rings. The second kappa shape index (κ2) is 5.56. The van der Waals surface area contributed by atoms with Gasteiger partial charge in [-0.2, -0.15) is 0 Å². The number of H-pyrrole nitrogens is 1. The van der Waals surface area contributed by atoms with E-state index >= 15 is 0 Å². The summed E-state index contributed by atoms with van der Waals surface area (Å²) >= 11 is 0. The highest BCUT2D eigenvalue weighted by atomic mass is 16.4. The van der Waals surface area contributed by atoms with Gasteiger partial charge in [0, 0.05) is 30.2 Å². The van der Waals surface area contributed by atoms with Crippen molar-refractivity contribution in [2.75, 3.05) is 13.1 Å². The van der Waals surface area contributed by atoms with Crippen LogP contribution in [0.4, 0.5) is 0 Å². The highest BCUT2D eigenvalue weighted by Crippen LogP contribution is 2.19. The molecule has 100 valence electrons. The Balaban J connectivity index is 2.24. The van der Waals surface area contributed by atoms with Gasteiger partial charge in [-0.1, -0.05) is 18.2 Å². The molecular weight excluding hydrogens is 244 g/mol. The summed E-state index contributed by atoms with van der Waals surface area (Å²) in [5.74, 6) is -1.04. The van der Waals surface area contributed by atoms with Crippen molar-refractivity contribution in [3.05, 3.63) is 36.0 Å². The van der Waals surface area contributed by atoms with Crippen molar-refractivity contribution in [2.45, 2.75) is 13.3 Å². The molecule has 0 aliphatic heterocycles. The average Bonchev–Trinajstić information content (AvgIpc) is 2.82. The van der Waals surface area contributed by atoms with Gasteiger partial charge < -0.3 is 15.0 Å². The Morgan fingerprint density at radius 3 is 2.74 bits per heavy atom. The van der Waals surface area contributed by atoms with Crippen molar-refractivity contribution < 1.29 is 14.7 Å². The number of aromatic nitrogens is 1. The first-order chi connectivity index (χ1) is 9.13. The smallest absolute Gasteiger partial charge is 0.305 e. The summed E-state index contributed by atoms with van der Waals surface area (Å²) in [6, 6.07) is 7.55. The van der Waals surface area contributed by atoms with Crippen molar-refractivity contribution in [3.63, 3.8) is 0 Å². The van der Waals surface area contributed by atoms with Crippen LogP contribution in [0.1, 0.15) is 23.7 Å². The number of carboxylic acid groups (broad SMARTS) is 1. The zero-order chi connectivity index (χ0) is 13.8. The number of nitrogens with one attached hydrogen (secondary N) is 1. The highest BCUT2D eigenvalue weighted by molar-refractivity contribution is 6.06. The molecule has 1 amide bonds. The Morgan fingerprint density at radius 2 is 2.05 bits per heavy atom. The average molecular weight is 260 g/mol. The van der Waals surface area contributed by atoms with Gasteiger partial charge in [-0.25, -0.2) is 0 Å². The second-order valence-electron chi connectivity index (χ2n) is 4.28. The van der Waals surface area contributed by atoms with Crippen LogP contribution in [0.3, 0.4) is 0 Å². The maximum absolute atomic E-state index is 12.4. The lowest BCUT2D eigenvalue weighted by atomic mass is 10.1. The topological polar surface area (TPSA) is 73.4 Å². The van der Waals surface area contributed by atoms with Crippen LogP contribution >= 0.6 is 0 Å². The molecule has 0 fully saturated rings. The van der Waals surface area contributed by atoms with Crippen LogP contribution in [0.15, 0.2) is 30.5 Å². The normalized spacial score (nSPS) is 10.6. The monoisotopic (exact) mass is 260 g/mol. The summed E-state index contributed by atoms with van der Waals surface area (Å²) in [6.07, 6.45) is 1.64. The van der Waals surface area contributed by atoms with Crippen LogP contribution in [-0.4, -0.2) is 40.0 Å². The summed E-state index contributed by atoms with van der Waals surface area (Å²) in [5.41, 5.74) is 1.49. The lowest BCUT2D eigenvalue weighted by Crippen LogP contribution is -2.32. The molecule has 19 heavy (non-hydrogen) atoms. The van der Waals surface area contributed by atoms with Crippen molar-refractivity contribution >= 4 is 22.8 Å². The molecule has 2 aromatic rings. The molecule has 2 rings (SSSR count). The summed E-state index contributed by atoms with van der Waals surface area (Å²) in [6.45, 7) is 2.56. The molecule has 1 aromatic heterocycles. The number of hydrogen-bond donors (Lipinski definition) is 2. The first kappa shape index (κ1) is 13.1. The minimum absolute atomic E-state index is 0.0397. The van der Waals surface area contributed by atoms with Gasteiger partial charge in [-0.3, -0.25) is 9.59 Å². The fourth-order valence-electron chi connectivity index (χ4n) is 2.05. The van der Waals surface area contributed by atoms with E-state index in [1.807, 2.05) is 31.2 Å². The summed E-state index contributed by atoms with van der Waals surface area (Å²) in [4.78, 5) is 27.6. The molecule has 2 N–H and O–H groups in total. The van der Waals surface area contributed by atoms with E-state index in [2.05, 4.69) is 4.98 Å². The van der Waals surface area contributed by atoms with Gasteiger partial charge in [-0.05, 0) is 13.0 Å². The van der Waals surface area contributed by atoms with Gasteiger partial charge in [-0.15, -0.1) is 0 Å². The number of aliphatic carboxylic acids is 1. The summed E-state index contributed by atoms with van der Waals surface area (Å²) < 4.78 is 0. The van der Waals surface area contributed by atoms with Crippen LogP contribution in [-0.2, 0) is 4.79 Å². The SMILES string of the molecule is CCN(CCC(=O)O)C(=O)c1c[nH]c2ccccc12. The number of fused-ring (bicyclic) bond motifs is 1. The number of amides is 1. The summed E-state index contributed by atoms with van der Waals surface area (Å²) in [5, 5.41) is 9.56. The Labute approximate surface area is 110 Å². The number of nitrogens with zero attached hydrogens (tertiary/aromatic N) is 1. The maximum Gasteiger partial charge on any atom is 0.305 e. The number of carboxylic acids is 1. The van der Waals surface area contributed by atoms with Crippen LogP contribution in [0.2, 0.25) is 0 Å². The van der Waals surface area contributed by atoms with Crippen LogP contribution < -0.4 is 0 Å². The molecule has 0 unspecified atom stereocenters. The van der Waals surface area contributed by atoms with E-state index in [1.54, 1.807) is 11.1 Å². The maximum atomic E-state index is 12.4. The number of benzene rings is 1. The summed E-state index contributed by atoms with van der Waals surface area (Å²) in [7, 11) is 0. The van der Waals surface area contributed by atoms with Crippen LogP contribution in [0, 0.1) is 0 Å². The quantitative estimate of drug-likeness (QED) is 0.864. The standard InChI is InChI=1S/C14H16N2O3/c1-2-16(8-7-13(17)18)14(19)11-9-15-12-6-4-3-5-10(11)12/h3-6,9,15H,2,7-8H2,1H3,(H,17,18). The minimum atomic E-state index is -0.898. The van der Waals surface area contributed by atoms with Crippen molar-refractivity contribution in [2.24, 2.45) is 0 Å². The lowest BCUT2D eigenvalue weighted by Gasteiger charge is -2.19. The third-order valence-electron chi connectivity index (χ3n) is 3.08. The Bertz CT molecular complexity index is 604. The first-order valence-electron chi connectivity index (χ1n) is 6.20. The van der Waals surface area contributed by atoms with Crippen LogP contribution in [0.5, 0.6) is 0 Å². The number of hydrogen-bond acceptors (Lipinski definition) is 2. The zero-order valence-electron chi connectivity index (χ0n) is 10.7. The molecular formula is C14H16N2O3. The first-order valence-corrected chi connectivity index (χ1v) is 6.20. The molecule has 0 radical (unpaired) electrons. The van der Waals surface area contributed by atoms with E-state index in [9.17, 15) is 9.59 Å². The fourth-order valence-corrected chi connectivity index (χ4v) is 2.05. The molecule has 0 aliphatic carbocycles. The molecule has 1 aromatic carbocycles. The molecule has 0 bridgehead atoms.